The molecule has 0 unspecified atom stereocenters. The molecule has 4 aromatic carbocycles. The van der Waals surface area contributed by atoms with Gasteiger partial charge < -0.3 is 44.5 Å². The molecular weight excluding hydrogens is 1060 g/mol. The highest BCUT2D eigenvalue weighted by Gasteiger charge is 2.50. The maximum Gasteiger partial charge on any atom is 0.319 e. The number of aliphatic hydroxyl groups is 1. The van der Waals surface area contributed by atoms with E-state index in [1.807, 2.05) is 81.7 Å². The van der Waals surface area contributed by atoms with Crippen molar-refractivity contribution in [2.24, 2.45) is 5.92 Å². The van der Waals surface area contributed by atoms with Crippen LogP contribution in [0, 0.1) is 25.6 Å². The number of fused-ring (bicyclic) bond motifs is 7. The molecule has 8 aromatic rings. The predicted octanol–water partition coefficient (Wildman–Crippen LogP) is 8.45. The number of halogens is 2. The molecule has 22 heteroatoms. The summed E-state index contributed by atoms with van der Waals surface area (Å²) in [5.41, 5.74) is 8.92. The number of aromatic nitrogens is 8. The Balaban J connectivity index is 0.786. The summed E-state index contributed by atoms with van der Waals surface area (Å²) in [7, 11) is 0. The van der Waals surface area contributed by atoms with Crippen LogP contribution in [0.15, 0.2) is 72.5 Å². The number of aromatic amines is 1. The average Bonchev–Trinajstić information content (AvgIpc) is 4.44. The number of carbonyl (C=O) groups excluding carboxylic acids is 2. The highest BCUT2D eigenvalue weighted by Crippen LogP contribution is 2.55. The van der Waals surface area contributed by atoms with Gasteiger partial charge in [0.1, 0.15) is 54.2 Å². The van der Waals surface area contributed by atoms with Gasteiger partial charge in [0.05, 0.1) is 75.8 Å². The fourth-order valence-corrected chi connectivity index (χ4v) is 13.5. The van der Waals surface area contributed by atoms with E-state index in [-0.39, 0.29) is 78.6 Å². The van der Waals surface area contributed by atoms with E-state index in [4.69, 9.17) is 40.5 Å². The van der Waals surface area contributed by atoms with Crippen molar-refractivity contribution in [1.29, 1.82) is 0 Å². The second-order valence-electron chi connectivity index (χ2n) is 22.0. The van der Waals surface area contributed by atoms with E-state index in [1.54, 1.807) is 35.3 Å². The van der Waals surface area contributed by atoms with Crippen LogP contribution in [0.1, 0.15) is 80.9 Å². The normalized spacial score (nSPS) is 21.5. The summed E-state index contributed by atoms with van der Waals surface area (Å²) in [4.78, 5) is 48.1. The highest BCUT2D eigenvalue weighted by atomic mass is 35.5. The number of benzene rings is 4. The molecule has 2 amide bonds. The summed E-state index contributed by atoms with van der Waals surface area (Å²) < 4.78 is 43.6. The van der Waals surface area contributed by atoms with Gasteiger partial charge in [0.25, 0.3) is 0 Å². The number of nitrogens with zero attached hydrogens (tertiary/aromatic N) is 9. The van der Waals surface area contributed by atoms with E-state index in [2.05, 4.69) is 41.0 Å². The molecule has 4 N–H and O–H groups in total. The number of hydrogen-bond donors (Lipinski definition) is 4. The van der Waals surface area contributed by atoms with Gasteiger partial charge in [-0.3, -0.25) is 14.7 Å². The number of hydrogen-bond acceptors (Lipinski definition) is 16. The molecule has 4 aromatic heterocycles. The van der Waals surface area contributed by atoms with Crippen molar-refractivity contribution in [3.05, 3.63) is 106 Å². The van der Waals surface area contributed by atoms with Gasteiger partial charge in [-0.2, -0.15) is 15.1 Å². The Kier molecular flexibility index (Phi) is 13.7. The number of thiazole rings is 1. The number of nitrogens with one attached hydrogen (secondary N) is 3. The first-order valence-electron chi connectivity index (χ1n) is 27.3. The van der Waals surface area contributed by atoms with Crippen LogP contribution in [-0.2, 0) is 20.9 Å². The molecule has 7 atom stereocenters. The first-order chi connectivity index (χ1) is 38.8. The van der Waals surface area contributed by atoms with Crippen molar-refractivity contribution in [2.45, 2.75) is 115 Å². The minimum atomic E-state index is -0.882. The summed E-state index contributed by atoms with van der Waals surface area (Å²) in [6, 6.07) is 15.5. The first kappa shape index (κ1) is 52.1. The van der Waals surface area contributed by atoms with E-state index in [0.29, 0.717) is 94.2 Å². The van der Waals surface area contributed by atoms with Crippen LogP contribution >= 0.6 is 22.9 Å². The fraction of sp³-hybridized carbons (Fsp3) is 0.414. The number of likely N-dealkylation sites (tertiary alicyclic amines) is 1. The highest BCUT2D eigenvalue weighted by molar-refractivity contribution is 7.13. The summed E-state index contributed by atoms with van der Waals surface area (Å²) >= 11 is 9.21. The number of rotatable bonds is 14. The number of amides is 2. The summed E-state index contributed by atoms with van der Waals surface area (Å²) in [6.45, 7) is 11.7. The van der Waals surface area contributed by atoms with Crippen molar-refractivity contribution in [2.75, 3.05) is 37.8 Å². The number of β-amino-alcohol motifs (C(OH)–C–C–N with tert-alkyl or cyclic N) is 1. The molecule has 9 heterocycles. The fourth-order valence-electron chi connectivity index (χ4n) is 12.4. The number of aliphatic hydroxyl groups excluding tert-OH is 1. The first-order valence-corrected chi connectivity index (χ1v) is 28.6. The Morgan fingerprint density at radius 1 is 1.02 bits per heavy atom. The molecule has 4 fully saturated rings. The van der Waals surface area contributed by atoms with Gasteiger partial charge in [-0.1, -0.05) is 79.2 Å². The Bertz CT molecular complexity index is 3680. The summed E-state index contributed by atoms with van der Waals surface area (Å²) in [5.74, 6) is -0.0357. The number of carbonyl (C=O) groups is 2. The zero-order chi connectivity index (χ0) is 55.1. The largest absolute Gasteiger partial charge is 0.489 e. The lowest BCUT2D eigenvalue weighted by molar-refractivity contribution is -0.142. The second-order valence-corrected chi connectivity index (χ2v) is 23.2. The van der Waals surface area contributed by atoms with Crippen molar-refractivity contribution in [1.82, 2.24) is 55.7 Å². The lowest BCUT2D eigenvalue weighted by Crippen LogP contribution is -2.53. The van der Waals surface area contributed by atoms with Gasteiger partial charge >= 0.3 is 6.01 Å². The zero-order valence-corrected chi connectivity index (χ0v) is 46.4. The average molecular weight is 1120 g/mol. The van der Waals surface area contributed by atoms with Crippen molar-refractivity contribution >= 4 is 62.4 Å². The van der Waals surface area contributed by atoms with E-state index in [1.165, 1.54) is 11.0 Å². The molecule has 80 heavy (non-hydrogen) atoms. The molecule has 4 saturated heterocycles. The maximum absolute atomic E-state index is 16.1. The number of aryl methyl sites for hydroxylation is 1. The number of anilines is 1. The minimum absolute atomic E-state index is 0.0102. The van der Waals surface area contributed by atoms with Gasteiger partial charge in [-0.25, -0.2) is 14.1 Å². The number of ether oxygens (including phenoxy) is 4. The quantitative estimate of drug-likeness (QED) is 0.0803. The van der Waals surface area contributed by atoms with Crippen molar-refractivity contribution in [3.63, 3.8) is 0 Å². The van der Waals surface area contributed by atoms with E-state index in [0.717, 1.165) is 45.8 Å². The van der Waals surface area contributed by atoms with Crippen molar-refractivity contribution < 1.29 is 38.0 Å². The van der Waals surface area contributed by atoms with Gasteiger partial charge in [-0.05, 0) is 61.4 Å². The van der Waals surface area contributed by atoms with Crippen LogP contribution < -0.4 is 29.7 Å². The van der Waals surface area contributed by atoms with E-state index in [9.17, 15) is 14.7 Å². The topological polar surface area (TPSA) is 220 Å². The van der Waals surface area contributed by atoms with Crippen LogP contribution in [0.3, 0.4) is 0 Å². The molecule has 0 spiro atoms. The molecule has 0 radical (unpaired) electrons. The third-order valence-corrected chi connectivity index (χ3v) is 17.9. The lowest BCUT2D eigenvalue weighted by atomic mass is 9.93. The number of H-pyrrole nitrogens is 1. The minimum Gasteiger partial charge on any atom is -0.489 e. The van der Waals surface area contributed by atoms with Crippen LogP contribution in [0.4, 0.5) is 10.2 Å². The monoisotopic (exact) mass is 1120 g/mol. The summed E-state index contributed by atoms with van der Waals surface area (Å²) in [5, 5.41) is 35.3. The van der Waals surface area contributed by atoms with Crippen molar-refractivity contribution in [3.8, 4) is 50.3 Å². The molecule has 5 aliphatic rings. The maximum atomic E-state index is 16.1. The van der Waals surface area contributed by atoms with E-state index >= 15 is 4.39 Å². The molecule has 5 aliphatic heterocycles. The standard InChI is InChI=1S/C58H60ClFN12O7S/c1-28(2)51(57(75)70-23-37(73)19-44(70)56(74)64-30(4)33-10-12-35(13-11-33)54-31(5)62-27-80-54)71-24-43(68-69-71)34-8-6-32(7-9-34)25-77-53-47(46-29(3)40(60)20-41-39(46)22-63-67-41)49(59)52-48-50(53)65-58(79-38-14-16-76-17-15-38)66-55(48)72-36-18-42(61-21-36)45(72)26-78-52/h6-13,20,22,24,27-28,30,36-38,42,44-45,51,61,73H,14-19,21,23,25-26H2,1-5H3,(H,63,67)(H,64,74)/t30-,36-,37+,42-,44-,45+,51-/m0/s1. The Hall–Kier alpha value is -7.30. The molecule has 2 bridgehead atoms. The smallest absolute Gasteiger partial charge is 0.319 e. The zero-order valence-electron chi connectivity index (χ0n) is 44.8. The van der Waals surface area contributed by atoms with E-state index < -0.39 is 24.0 Å². The lowest BCUT2D eigenvalue weighted by Gasteiger charge is -2.35. The van der Waals surface area contributed by atoms with Crippen LogP contribution in [0.5, 0.6) is 17.5 Å². The Labute approximate surface area is 469 Å². The third-order valence-electron chi connectivity index (χ3n) is 16.5. The molecule has 0 aliphatic carbocycles. The Morgan fingerprint density at radius 2 is 1.81 bits per heavy atom. The predicted molar refractivity (Wildman–Crippen MR) is 299 cm³/mol. The molecule has 19 nitrogen and oxygen atoms in total. The second kappa shape index (κ2) is 21.0. The molecule has 13 rings (SSSR count). The summed E-state index contributed by atoms with van der Waals surface area (Å²) in [6.07, 6.45) is 4.75. The van der Waals surface area contributed by atoms with Crippen LogP contribution in [0.2, 0.25) is 5.02 Å². The molecule has 0 saturated carbocycles. The van der Waals surface area contributed by atoms with Gasteiger partial charge in [0, 0.05) is 66.5 Å². The molecule has 414 valence electrons. The number of piperazine rings is 1. The van der Waals surface area contributed by atoms with Crippen LogP contribution in [-0.4, -0.2) is 131 Å². The van der Waals surface area contributed by atoms with Gasteiger partial charge in [0.2, 0.25) is 11.8 Å². The Morgan fingerprint density at radius 3 is 2.58 bits per heavy atom. The van der Waals surface area contributed by atoms with Gasteiger partial charge in [0.15, 0.2) is 11.5 Å². The van der Waals surface area contributed by atoms with Gasteiger partial charge in [-0.15, -0.1) is 16.4 Å². The SMILES string of the molecule is Cc1ncsc1-c1ccc([C@H](C)NC(=O)[C@@H]2C[C@@H](O)CN2C(=O)[C@H](C(C)C)n2cc(-c3ccc(COc4c(-c5c(C)c(F)cc6[nH]ncc56)c(Cl)c5c6c(nc(OC7CCOCC7)nc46)N4[C@@H]6CN[C@@H](C6)[C@H]4CO5)cc3)nn2)cc1. The third kappa shape index (κ3) is 9.25. The van der Waals surface area contributed by atoms with Crippen LogP contribution in [0.25, 0.3) is 54.6 Å². The molecular formula is C58H60ClFN12O7S.